The van der Waals surface area contributed by atoms with Crippen LogP contribution in [-0.4, -0.2) is 28.8 Å². The van der Waals surface area contributed by atoms with E-state index < -0.39 is 5.97 Å². The molecule has 5 nitrogen and oxygen atoms in total. The summed E-state index contributed by atoms with van der Waals surface area (Å²) in [4.78, 5) is 10.7. The highest BCUT2D eigenvalue weighted by molar-refractivity contribution is 5.86. The second-order valence-electron chi connectivity index (χ2n) is 3.65. The van der Waals surface area contributed by atoms with E-state index in [1.165, 1.54) is 6.26 Å². The van der Waals surface area contributed by atoms with Crippen LogP contribution in [0.3, 0.4) is 0 Å². The second kappa shape index (κ2) is 6.30. The fourth-order valence-corrected chi connectivity index (χ4v) is 1.47. The molecule has 0 radical (unpaired) electrons. The van der Waals surface area contributed by atoms with Gasteiger partial charge in [-0.1, -0.05) is 13.3 Å². The van der Waals surface area contributed by atoms with Gasteiger partial charge in [0, 0.05) is 18.7 Å². The van der Waals surface area contributed by atoms with Gasteiger partial charge in [0.25, 0.3) is 0 Å². The molecule has 16 heavy (non-hydrogen) atoms. The van der Waals surface area contributed by atoms with E-state index in [-0.39, 0.29) is 11.9 Å². The van der Waals surface area contributed by atoms with Gasteiger partial charge in [0.05, 0.1) is 12.4 Å². The van der Waals surface area contributed by atoms with Crippen LogP contribution in [0, 0.1) is 0 Å². The topological polar surface area (TPSA) is 82.7 Å². The summed E-state index contributed by atoms with van der Waals surface area (Å²) < 4.78 is 4.83. The quantitative estimate of drug-likeness (QED) is 0.652. The van der Waals surface area contributed by atoms with Gasteiger partial charge in [0.1, 0.15) is 0 Å². The third-order valence-corrected chi connectivity index (χ3v) is 2.26. The van der Waals surface area contributed by atoms with Crippen LogP contribution in [0.25, 0.3) is 0 Å². The first-order valence-corrected chi connectivity index (χ1v) is 5.33. The fourth-order valence-electron chi connectivity index (χ4n) is 1.47. The molecule has 1 rings (SSSR count). The third-order valence-electron chi connectivity index (χ3n) is 2.26. The van der Waals surface area contributed by atoms with E-state index in [4.69, 9.17) is 9.52 Å². The number of hydrogen-bond donors (Lipinski definition) is 3. The minimum Gasteiger partial charge on any atom is -0.475 e. The first kappa shape index (κ1) is 12.7. The minimum atomic E-state index is -1.07. The Kier molecular flexibility index (Phi) is 5.01. The molecule has 0 amide bonds. The van der Waals surface area contributed by atoms with Crippen molar-refractivity contribution in [1.29, 1.82) is 0 Å². The molecule has 90 valence electrons. The van der Waals surface area contributed by atoms with Crippen molar-refractivity contribution in [2.45, 2.75) is 32.4 Å². The molecule has 1 unspecified atom stereocenters. The second-order valence-corrected chi connectivity index (χ2v) is 3.65. The lowest BCUT2D eigenvalue weighted by atomic mass is 10.2. The average molecular weight is 227 g/mol. The van der Waals surface area contributed by atoms with Crippen LogP contribution in [0.5, 0.6) is 0 Å². The van der Waals surface area contributed by atoms with Gasteiger partial charge in [-0.3, -0.25) is 0 Å². The molecule has 1 aromatic heterocycles. The summed E-state index contributed by atoms with van der Waals surface area (Å²) in [5.74, 6) is -1.12. The zero-order chi connectivity index (χ0) is 12.0. The molecular formula is C11H17NO4. The SMILES string of the molecule is CCCC(O)CNCc1ccoc1C(=O)O. The van der Waals surface area contributed by atoms with E-state index in [1.54, 1.807) is 6.07 Å². The summed E-state index contributed by atoms with van der Waals surface area (Å²) in [5, 5.41) is 21.2. The van der Waals surface area contributed by atoms with Gasteiger partial charge in [-0.05, 0) is 12.5 Å². The van der Waals surface area contributed by atoms with Gasteiger partial charge in [0.15, 0.2) is 0 Å². The number of nitrogens with one attached hydrogen (secondary N) is 1. The molecule has 1 heterocycles. The maximum atomic E-state index is 10.7. The number of carboxylic acids is 1. The molecule has 0 fully saturated rings. The van der Waals surface area contributed by atoms with Gasteiger partial charge in [-0.15, -0.1) is 0 Å². The van der Waals surface area contributed by atoms with E-state index in [0.29, 0.717) is 18.7 Å². The summed E-state index contributed by atoms with van der Waals surface area (Å²) >= 11 is 0. The van der Waals surface area contributed by atoms with Crippen molar-refractivity contribution in [3.8, 4) is 0 Å². The first-order chi connectivity index (χ1) is 7.65. The molecule has 0 aliphatic carbocycles. The molecule has 0 aliphatic heterocycles. The number of aliphatic hydroxyl groups is 1. The summed E-state index contributed by atoms with van der Waals surface area (Å²) in [6.07, 6.45) is 2.63. The molecule has 0 spiro atoms. The molecule has 3 N–H and O–H groups in total. The van der Waals surface area contributed by atoms with Gasteiger partial charge in [-0.25, -0.2) is 4.79 Å². The Morgan fingerprint density at radius 2 is 2.38 bits per heavy atom. The number of carboxylic acid groups (broad SMARTS) is 1. The smallest absolute Gasteiger partial charge is 0.372 e. The maximum absolute atomic E-state index is 10.7. The summed E-state index contributed by atoms with van der Waals surface area (Å²) in [6, 6.07) is 1.61. The zero-order valence-electron chi connectivity index (χ0n) is 9.27. The first-order valence-electron chi connectivity index (χ1n) is 5.33. The molecule has 0 aromatic carbocycles. The van der Waals surface area contributed by atoms with Gasteiger partial charge in [0.2, 0.25) is 5.76 Å². The molecule has 0 saturated carbocycles. The van der Waals surface area contributed by atoms with Gasteiger partial charge < -0.3 is 19.9 Å². The molecule has 1 atom stereocenters. The van der Waals surface area contributed by atoms with Crippen LogP contribution in [0.2, 0.25) is 0 Å². The highest BCUT2D eigenvalue weighted by Gasteiger charge is 2.13. The standard InChI is InChI=1S/C11H17NO4/c1-2-3-9(13)7-12-6-8-4-5-16-10(8)11(14)15/h4-5,9,12-13H,2-3,6-7H2,1H3,(H,14,15). The van der Waals surface area contributed by atoms with E-state index in [9.17, 15) is 9.90 Å². The maximum Gasteiger partial charge on any atom is 0.372 e. The summed E-state index contributed by atoms with van der Waals surface area (Å²) in [7, 11) is 0. The predicted octanol–water partition coefficient (Wildman–Crippen LogP) is 1.23. The number of rotatable bonds is 7. The largest absolute Gasteiger partial charge is 0.475 e. The number of aliphatic hydroxyl groups excluding tert-OH is 1. The van der Waals surface area contributed by atoms with Crippen molar-refractivity contribution >= 4 is 5.97 Å². The van der Waals surface area contributed by atoms with Crippen molar-refractivity contribution in [2.24, 2.45) is 0 Å². The Hall–Kier alpha value is -1.33. The van der Waals surface area contributed by atoms with Gasteiger partial charge in [-0.2, -0.15) is 0 Å². The average Bonchev–Trinajstić information content (AvgIpc) is 2.66. The molecule has 0 aliphatic rings. The molecular weight excluding hydrogens is 210 g/mol. The molecule has 0 bridgehead atoms. The van der Waals surface area contributed by atoms with Crippen LogP contribution in [-0.2, 0) is 6.54 Å². The van der Waals surface area contributed by atoms with E-state index in [1.807, 2.05) is 6.92 Å². The zero-order valence-corrected chi connectivity index (χ0v) is 9.27. The normalized spacial score (nSPS) is 12.6. The van der Waals surface area contributed by atoms with Crippen LogP contribution in [0.1, 0.15) is 35.9 Å². The Morgan fingerprint density at radius 1 is 1.62 bits per heavy atom. The van der Waals surface area contributed by atoms with E-state index in [0.717, 1.165) is 12.8 Å². The van der Waals surface area contributed by atoms with E-state index in [2.05, 4.69) is 5.32 Å². The predicted molar refractivity (Wildman–Crippen MR) is 58.3 cm³/mol. The van der Waals surface area contributed by atoms with Crippen LogP contribution in [0.4, 0.5) is 0 Å². The van der Waals surface area contributed by atoms with Crippen LogP contribution < -0.4 is 5.32 Å². The summed E-state index contributed by atoms with van der Waals surface area (Å²) in [6.45, 7) is 2.85. The Morgan fingerprint density at radius 3 is 3.00 bits per heavy atom. The monoisotopic (exact) mass is 227 g/mol. The highest BCUT2D eigenvalue weighted by atomic mass is 16.4. The lowest BCUT2D eigenvalue weighted by Crippen LogP contribution is -2.26. The molecule has 0 saturated heterocycles. The molecule has 5 heteroatoms. The fraction of sp³-hybridized carbons (Fsp3) is 0.545. The number of aromatic carboxylic acids is 1. The van der Waals surface area contributed by atoms with Crippen molar-refractivity contribution in [1.82, 2.24) is 5.32 Å². The number of hydrogen-bond acceptors (Lipinski definition) is 4. The summed E-state index contributed by atoms with van der Waals surface area (Å²) in [5.41, 5.74) is 0.594. The van der Waals surface area contributed by atoms with Crippen molar-refractivity contribution in [2.75, 3.05) is 6.54 Å². The number of carbonyl (C=O) groups is 1. The van der Waals surface area contributed by atoms with Crippen molar-refractivity contribution < 1.29 is 19.4 Å². The third kappa shape index (κ3) is 3.67. The lowest BCUT2D eigenvalue weighted by molar-refractivity contribution is 0.0660. The van der Waals surface area contributed by atoms with Crippen LogP contribution in [0.15, 0.2) is 16.7 Å². The highest BCUT2D eigenvalue weighted by Crippen LogP contribution is 2.10. The minimum absolute atomic E-state index is 0.0440. The lowest BCUT2D eigenvalue weighted by Gasteiger charge is -2.09. The van der Waals surface area contributed by atoms with Crippen molar-refractivity contribution in [3.63, 3.8) is 0 Å². The van der Waals surface area contributed by atoms with Crippen molar-refractivity contribution in [3.05, 3.63) is 23.7 Å². The number of furan rings is 1. The Labute approximate surface area is 94.1 Å². The Bertz CT molecular complexity index is 334. The molecule has 1 aromatic rings. The van der Waals surface area contributed by atoms with Gasteiger partial charge >= 0.3 is 5.97 Å². The Balaban J connectivity index is 2.37. The van der Waals surface area contributed by atoms with E-state index >= 15 is 0 Å². The van der Waals surface area contributed by atoms with Crippen LogP contribution >= 0.6 is 0 Å².